The molecule has 0 radical (unpaired) electrons. The van der Waals surface area contributed by atoms with Crippen LogP contribution in [0.3, 0.4) is 0 Å². The SMILES string of the molecule is Cc1cc(NC(=O)c2ccc(F)c(C(F)(F)C(=O)NCB3O[C@@H]4C[C@@H]5C[C@@H](C5(C)C)[C@]4(C)O3)c2)ccc1F. The molecule has 2 aromatic carbocycles. The highest BCUT2D eigenvalue weighted by Crippen LogP contribution is 2.65. The number of amides is 2. The van der Waals surface area contributed by atoms with Crippen molar-refractivity contribution in [3.8, 4) is 0 Å². The van der Waals surface area contributed by atoms with Gasteiger partial charge in [-0.05, 0) is 85.9 Å². The number of hydrogen-bond donors (Lipinski definition) is 2. The maximum absolute atomic E-state index is 15.1. The van der Waals surface area contributed by atoms with Gasteiger partial charge in [0.2, 0.25) is 0 Å². The molecular formula is C27H29BF4N2O4. The van der Waals surface area contributed by atoms with Crippen LogP contribution in [0.2, 0.25) is 0 Å². The van der Waals surface area contributed by atoms with Gasteiger partial charge in [-0.25, -0.2) is 8.78 Å². The Balaban J connectivity index is 1.25. The number of halogens is 4. The molecule has 1 aliphatic heterocycles. The maximum atomic E-state index is 15.1. The molecule has 202 valence electrons. The van der Waals surface area contributed by atoms with E-state index in [9.17, 15) is 18.4 Å². The first-order valence-electron chi connectivity index (χ1n) is 12.6. The molecule has 6 nitrogen and oxygen atoms in total. The summed E-state index contributed by atoms with van der Waals surface area (Å²) in [6.07, 6.45) is 1.31. The number of alkyl halides is 2. The quantitative estimate of drug-likeness (QED) is 0.406. The van der Waals surface area contributed by atoms with Gasteiger partial charge < -0.3 is 19.9 Å². The molecule has 2 amide bonds. The summed E-state index contributed by atoms with van der Waals surface area (Å²) in [5, 5.41) is 4.57. The van der Waals surface area contributed by atoms with Gasteiger partial charge in [0.1, 0.15) is 11.6 Å². The predicted molar refractivity (Wildman–Crippen MR) is 133 cm³/mol. The van der Waals surface area contributed by atoms with Crippen LogP contribution in [0.5, 0.6) is 0 Å². The van der Waals surface area contributed by atoms with Crippen molar-refractivity contribution in [3.63, 3.8) is 0 Å². The summed E-state index contributed by atoms with van der Waals surface area (Å²) >= 11 is 0. The van der Waals surface area contributed by atoms with E-state index in [-0.39, 0.29) is 40.7 Å². The topological polar surface area (TPSA) is 76.7 Å². The van der Waals surface area contributed by atoms with Gasteiger partial charge >= 0.3 is 13.0 Å². The normalized spacial score (nSPS) is 27.4. The highest BCUT2D eigenvalue weighted by Gasteiger charge is 2.67. The van der Waals surface area contributed by atoms with Crippen molar-refractivity contribution in [2.24, 2.45) is 17.3 Å². The lowest BCUT2D eigenvalue weighted by Crippen LogP contribution is -2.65. The molecule has 6 rings (SSSR count). The van der Waals surface area contributed by atoms with Gasteiger partial charge in [-0.1, -0.05) is 13.8 Å². The summed E-state index contributed by atoms with van der Waals surface area (Å²) in [5.74, 6) is -7.87. The van der Waals surface area contributed by atoms with E-state index in [1.54, 1.807) is 0 Å². The number of aryl methyl sites for hydroxylation is 1. The number of benzene rings is 2. The molecule has 1 saturated heterocycles. The molecule has 2 aromatic rings. The first-order valence-corrected chi connectivity index (χ1v) is 12.6. The van der Waals surface area contributed by atoms with Gasteiger partial charge in [0.15, 0.2) is 0 Å². The second-order valence-corrected chi connectivity index (χ2v) is 11.3. The van der Waals surface area contributed by atoms with Crippen LogP contribution in [-0.2, 0) is 20.0 Å². The monoisotopic (exact) mass is 532 g/mol. The van der Waals surface area contributed by atoms with Crippen LogP contribution in [0.25, 0.3) is 0 Å². The first kappa shape index (κ1) is 26.7. The Kier molecular flexibility index (Phi) is 6.38. The molecule has 4 atom stereocenters. The Morgan fingerprint density at radius 3 is 2.47 bits per heavy atom. The third kappa shape index (κ3) is 4.29. The maximum Gasteiger partial charge on any atom is 0.478 e. The molecule has 3 saturated carbocycles. The summed E-state index contributed by atoms with van der Waals surface area (Å²) in [4.78, 5) is 25.1. The lowest BCUT2D eigenvalue weighted by Gasteiger charge is -2.64. The summed E-state index contributed by atoms with van der Waals surface area (Å²) in [6, 6.07) is 6.18. The Morgan fingerprint density at radius 2 is 1.79 bits per heavy atom. The van der Waals surface area contributed by atoms with Crippen LogP contribution in [0.4, 0.5) is 23.2 Å². The van der Waals surface area contributed by atoms with E-state index >= 15 is 8.78 Å². The Hall–Kier alpha value is -2.92. The molecule has 1 heterocycles. The van der Waals surface area contributed by atoms with Gasteiger partial charge in [-0.3, -0.25) is 9.59 Å². The van der Waals surface area contributed by atoms with Crippen molar-refractivity contribution in [2.45, 2.75) is 58.2 Å². The van der Waals surface area contributed by atoms with E-state index in [0.717, 1.165) is 25.0 Å². The van der Waals surface area contributed by atoms with E-state index < -0.39 is 47.7 Å². The zero-order chi connectivity index (χ0) is 27.6. The standard InChI is InChI=1S/C27H29BF4N2O4/c1-14-9-17(6-8-19(14)29)34-23(35)15-5-7-20(30)18(10-15)27(31,32)24(36)33-13-28-37-22-12-16-11-21(25(16,2)3)26(22,4)38-28/h5-10,16,21-22H,11-13H2,1-4H3,(H,33,36)(H,34,35)/t16-,21-,22+,26-/m0/s1. The average Bonchev–Trinajstić information content (AvgIpc) is 3.20. The van der Waals surface area contributed by atoms with E-state index in [0.29, 0.717) is 18.1 Å². The minimum Gasteiger partial charge on any atom is -0.404 e. The predicted octanol–water partition coefficient (Wildman–Crippen LogP) is 5.00. The smallest absolute Gasteiger partial charge is 0.404 e. The fraction of sp³-hybridized carbons (Fsp3) is 0.481. The number of rotatable bonds is 6. The number of carbonyl (C=O) groups excluding carboxylic acids is 2. The van der Waals surface area contributed by atoms with Crippen molar-refractivity contribution in [1.29, 1.82) is 0 Å². The number of nitrogens with one attached hydrogen (secondary N) is 2. The van der Waals surface area contributed by atoms with Crippen LogP contribution in [-0.4, -0.2) is 37.1 Å². The third-order valence-electron chi connectivity index (χ3n) is 8.70. The molecule has 0 unspecified atom stereocenters. The molecule has 0 spiro atoms. The van der Waals surface area contributed by atoms with Crippen LogP contribution in [0, 0.1) is 35.8 Å². The van der Waals surface area contributed by atoms with Crippen molar-refractivity contribution < 1.29 is 36.5 Å². The van der Waals surface area contributed by atoms with Crippen molar-refractivity contribution >= 4 is 24.6 Å². The Morgan fingerprint density at radius 1 is 1.08 bits per heavy atom. The van der Waals surface area contributed by atoms with E-state index in [1.807, 2.05) is 6.92 Å². The van der Waals surface area contributed by atoms with Crippen LogP contribution >= 0.6 is 0 Å². The second-order valence-electron chi connectivity index (χ2n) is 11.3. The zero-order valence-electron chi connectivity index (χ0n) is 21.5. The number of hydrogen-bond acceptors (Lipinski definition) is 4. The van der Waals surface area contributed by atoms with E-state index in [4.69, 9.17) is 9.31 Å². The van der Waals surface area contributed by atoms with Crippen LogP contribution in [0.15, 0.2) is 36.4 Å². The molecule has 0 aromatic heterocycles. The van der Waals surface area contributed by atoms with Gasteiger partial charge in [0.25, 0.3) is 11.8 Å². The van der Waals surface area contributed by atoms with Gasteiger partial charge in [-0.2, -0.15) is 8.78 Å². The summed E-state index contributed by atoms with van der Waals surface area (Å²) in [5.41, 5.74) is -1.49. The molecule has 11 heteroatoms. The molecule has 2 bridgehead atoms. The molecular weight excluding hydrogens is 503 g/mol. The Bertz CT molecular complexity index is 1310. The largest absolute Gasteiger partial charge is 0.478 e. The second kappa shape index (κ2) is 9.08. The minimum atomic E-state index is -4.27. The Labute approximate surface area is 218 Å². The van der Waals surface area contributed by atoms with Crippen LogP contribution < -0.4 is 10.6 Å². The number of carbonyl (C=O) groups is 2. The van der Waals surface area contributed by atoms with Crippen molar-refractivity contribution in [2.75, 3.05) is 11.8 Å². The summed E-state index contributed by atoms with van der Waals surface area (Å²) < 4.78 is 70.2. The molecule has 4 aliphatic rings. The fourth-order valence-corrected chi connectivity index (χ4v) is 6.28. The van der Waals surface area contributed by atoms with Gasteiger partial charge in [-0.15, -0.1) is 0 Å². The lowest BCUT2D eigenvalue weighted by atomic mass is 9.43. The summed E-state index contributed by atoms with van der Waals surface area (Å²) in [6.45, 7) is 7.85. The highest BCUT2D eigenvalue weighted by atomic mass is 19.3. The third-order valence-corrected chi connectivity index (χ3v) is 8.70. The van der Waals surface area contributed by atoms with E-state index in [2.05, 4.69) is 24.5 Å². The molecule has 4 fully saturated rings. The average molecular weight is 532 g/mol. The number of anilines is 1. The summed E-state index contributed by atoms with van der Waals surface area (Å²) in [7, 11) is -0.902. The fourth-order valence-electron chi connectivity index (χ4n) is 6.28. The van der Waals surface area contributed by atoms with Crippen molar-refractivity contribution in [1.82, 2.24) is 5.32 Å². The highest BCUT2D eigenvalue weighted by molar-refractivity contribution is 6.46. The van der Waals surface area contributed by atoms with E-state index in [1.165, 1.54) is 19.1 Å². The van der Waals surface area contributed by atoms with Crippen molar-refractivity contribution in [3.05, 3.63) is 64.7 Å². The lowest BCUT2D eigenvalue weighted by molar-refractivity contribution is -0.199. The van der Waals surface area contributed by atoms with Crippen LogP contribution in [0.1, 0.15) is 55.1 Å². The molecule has 38 heavy (non-hydrogen) atoms. The minimum absolute atomic E-state index is 0.101. The van der Waals surface area contributed by atoms with Gasteiger partial charge in [0, 0.05) is 11.3 Å². The first-order chi connectivity index (χ1) is 17.7. The molecule has 2 N–H and O–H groups in total. The van der Waals surface area contributed by atoms with Gasteiger partial charge in [0.05, 0.1) is 23.7 Å². The zero-order valence-corrected chi connectivity index (χ0v) is 21.5. The molecule has 3 aliphatic carbocycles.